The van der Waals surface area contributed by atoms with Gasteiger partial charge in [0.05, 0.1) is 22.2 Å². The normalized spacial score (nSPS) is 11.5. The van der Waals surface area contributed by atoms with Gasteiger partial charge in [-0.3, -0.25) is 4.98 Å². The molecule has 0 aliphatic heterocycles. The van der Waals surface area contributed by atoms with E-state index in [4.69, 9.17) is 24.9 Å². The van der Waals surface area contributed by atoms with Crippen molar-refractivity contribution in [2.24, 2.45) is 0 Å². The molecule has 0 aliphatic carbocycles. The summed E-state index contributed by atoms with van der Waals surface area (Å²) in [6, 6.07) is 47.1. The van der Waals surface area contributed by atoms with Crippen molar-refractivity contribution in [2.45, 2.75) is 0 Å². The van der Waals surface area contributed by atoms with Crippen molar-refractivity contribution in [1.29, 1.82) is 0 Å². The number of nitrogens with zero attached hydrogens (tertiary/aromatic N) is 6. The molecule has 4 heterocycles. The molecule has 0 fully saturated rings. The molecule has 6 heteroatoms. The average Bonchev–Trinajstić information content (AvgIpc) is 3.14. The molecule has 46 heavy (non-hydrogen) atoms. The fourth-order valence-corrected chi connectivity index (χ4v) is 6.11. The van der Waals surface area contributed by atoms with Crippen LogP contribution in [-0.4, -0.2) is 29.9 Å². The van der Waals surface area contributed by atoms with E-state index < -0.39 is 0 Å². The molecule has 0 bridgehead atoms. The van der Waals surface area contributed by atoms with E-state index in [1.807, 2.05) is 72.9 Å². The Labute approximate surface area is 264 Å². The lowest BCUT2D eigenvalue weighted by molar-refractivity contribution is 1.06. The first kappa shape index (κ1) is 26.0. The van der Waals surface area contributed by atoms with Gasteiger partial charge < -0.3 is 0 Å². The Kier molecular flexibility index (Phi) is 6.03. The Morgan fingerprint density at radius 2 is 0.978 bits per heavy atom. The number of rotatable bonds is 4. The maximum atomic E-state index is 5.15. The third-order valence-corrected chi connectivity index (χ3v) is 8.37. The second kappa shape index (κ2) is 10.6. The smallest absolute Gasteiger partial charge is 0.182 e. The van der Waals surface area contributed by atoms with Crippen molar-refractivity contribution < 1.29 is 0 Å². The minimum Gasteiger partial charge on any atom is -0.254 e. The number of pyridine rings is 3. The molecule has 6 nitrogen and oxygen atoms in total. The Morgan fingerprint density at radius 3 is 1.87 bits per heavy atom. The Bertz CT molecular complexity index is 2600. The van der Waals surface area contributed by atoms with Crippen LogP contribution in [0.3, 0.4) is 0 Å². The summed E-state index contributed by atoms with van der Waals surface area (Å²) in [6.45, 7) is 0. The molecule has 0 radical (unpaired) electrons. The summed E-state index contributed by atoms with van der Waals surface area (Å²) in [7, 11) is 0. The first-order valence-corrected chi connectivity index (χ1v) is 15.1. The van der Waals surface area contributed by atoms with Gasteiger partial charge in [-0.1, -0.05) is 109 Å². The minimum absolute atomic E-state index is 0.526. The number of hydrogen-bond acceptors (Lipinski definition) is 6. The van der Waals surface area contributed by atoms with Gasteiger partial charge in [0, 0.05) is 39.0 Å². The zero-order valence-electron chi connectivity index (χ0n) is 24.5. The second-order valence-electron chi connectivity index (χ2n) is 11.2. The highest BCUT2D eigenvalue weighted by Crippen LogP contribution is 2.36. The van der Waals surface area contributed by atoms with Crippen LogP contribution in [-0.2, 0) is 0 Å². The van der Waals surface area contributed by atoms with Gasteiger partial charge in [-0.15, -0.1) is 0 Å². The Balaban J connectivity index is 1.24. The fraction of sp³-hybridized carbons (Fsp3) is 0. The van der Waals surface area contributed by atoms with Crippen molar-refractivity contribution in [2.75, 3.05) is 0 Å². The topological polar surface area (TPSA) is 77.3 Å². The molecule has 0 unspecified atom stereocenters. The highest BCUT2D eigenvalue weighted by atomic mass is 15.0. The van der Waals surface area contributed by atoms with E-state index in [1.165, 1.54) is 0 Å². The standard InChI is InChI=1S/C40H24N6/c1-2-10-28(11-3-1)38-44-39(46-40(45-38)35-23-18-25-9-4-7-15-33(25)42-35)32-21-20-31(29-13-5-6-14-30(29)32)34-22-19-27-17-16-26-12-8-24-41-36(26)37(27)43-34/h1-24H. The molecule has 0 aliphatic rings. The third kappa shape index (κ3) is 4.43. The molecule has 0 saturated carbocycles. The van der Waals surface area contributed by atoms with Crippen molar-refractivity contribution >= 4 is 43.5 Å². The predicted octanol–water partition coefficient (Wildman–Crippen LogP) is 9.34. The lowest BCUT2D eigenvalue weighted by atomic mass is 9.96. The third-order valence-electron chi connectivity index (χ3n) is 8.37. The van der Waals surface area contributed by atoms with Crippen LogP contribution in [0.1, 0.15) is 0 Å². The maximum absolute atomic E-state index is 5.15. The highest BCUT2D eigenvalue weighted by Gasteiger charge is 2.17. The minimum atomic E-state index is 0.526. The second-order valence-corrected chi connectivity index (χ2v) is 11.2. The van der Waals surface area contributed by atoms with Gasteiger partial charge >= 0.3 is 0 Å². The number of para-hydroxylation sites is 1. The summed E-state index contributed by atoms with van der Waals surface area (Å²) in [5.74, 6) is 1.71. The number of fused-ring (bicyclic) bond motifs is 5. The number of hydrogen-bond donors (Lipinski definition) is 0. The molecule has 0 spiro atoms. The van der Waals surface area contributed by atoms with E-state index in [9.17, 15) is 0 Å². The highest BCUT2D eigenvalue weighted by molar-refractivity contribution is 6.06. The molecule has 214 valence electrons. The summed E-state index contributed by atoms with van der Waals surface area (Å²) >= 11 is 0. The molecule has 9 aromatic rings. The van der Waals surface area contributed by atoms with Crippen molar-refractivity contribution in [3.05, 3.63) is 146 Å². The van der Waals surface area contributed by atoms with E-state index in [-0.39, 0.29) is 0 Å². The van der Waals surface area contributed by atoms with Crippen LogP contribution >= 0.6 is 0 Å². The summed E-state index contributed by atoms with van der Waals surface area (Å²) in [5, 5.41) is 5.29. The van der Waals surface area contributed by atoms with Gasteiger partial charge in [-0.2, -0.15) is 0 Å². The fourth-order valence-electron chi connectivity index (χ4n) is 6.11. The summed E-state index contributed by atoms with van der Waals surface area (Å²) in [6.07, 6.45) is 1.82. The van der Waals surface area contributed by atoms with Crippen LogP contribution in [0.5, 0.6) is 0 Å². The van der Waals surface area contributed by atoms with Crippen molar-refractivity contribution in [3.63, 3.8) is 0 Å². The number of benzene rings is 5. The van der Waals surface area contributed by atoms with Crippen molar-refractivity contribution in [3.8, 4) is 45.6 Å². The first-order chi connectivity index (χ1) is 22.8. The van der Waals surface area contributed by atoms with Crippen LogP contribution in [0, 0.1) is 0 Å². The van der Waals surface area contributed by atoms with Crippen molar-refractivity contribution in [1.82, 2.24) is 29.9 Å². The molecule has 5 aromatic carbocycles. The van der Waals surface area contributed by atoms with E-state index >= 15 is 0 Å². The lowest BCUT2D eigenvalue weighted by Crippen LogP contribution is -2.02. The molecule has 0 saturated heterocycles. The van der Waals surface area contributed by atoms with Crippen LogP contribution in [0.4, 0.5) is 0 Å². The monoisotopic (exact) mass is 588 g/mol. The number of aromatic nitrogens is 6. The van der Waals surface area contributed by atoms with E-state index in [1.54, 1.807) is 0 Å². The van der Waals surface area contributed by atoms with E-state index in [0.717, 1.165) is 65.9 Å². The molecule has 0 N–H and O–H groups in total. The Hall–Kier alpha value is -6.40. The summed E-state index contributed by atoms with van der Waals surface area (Å²) in [5.41, 5.74) is 7.12. The average molecular weight is 589 g/mol. The molecule has 9 rings (SSSR count). The molecule has 4 aromatic heterocycles. The molecular formula is C40H24N6. The largest absolute Gasteiger partial charge is 0.254 e. The van der Waals surface area contributed by atoms with Gasteiger partial charge in [0.25, 0.3) is 0 Å². The quantitative estimate of drug-likeness (QED) is 0.191. The van der Waals surface area contributed by atoms with Gasteiger partial charge in [-0.05, 0) is 41.1 Å². The predicted molar refractivity (Wildman–Crippen MR) is 185 cm³/mol. The van der Waals surface area contributed by atoms with Crippen LogP contribution in [0.25, 0.3) is 89.0 Å². The van der Waals surface area contributed by atoms with Crippen LogP contribution in [0.15, 0.2) is 146 Å². The molecule has 0 amide bonds. The zero-order valence-corrected chi connectivity index (χ0v) is 24.5. The van der Waals surface area contributed by atoms with Crippen LogP contribution in [0.2, 0.25) is 0 Å². The maximum Gasteiger partial charge on any atom is 0.182 e. The van der Waals surface area contributed by atoms with Gasteiger partial charge in [0.2, 0.25) is 0 Å². The Morgan fingerprint density at radius 1 is 0.348 bits per heavy atom. The molecular weight excluding hydrogens is 564 g/mol. The van der Waals surface area contributed by atoms with Gasteiger partial charge in [0.15, 0.2) is 17.5 Å². The van der Waals surface area contributed by atoms with E-state index in [2.05, 4.69) is 77.8 Å². The van der Waals surface area contributed by atoms with Gasteiger partial charge in [-0.25, -0.2) is 24.9 Å². The van der Waals surface area contributed by atoms with E-state index in [0.29, 0.717) is 23.2 Å². The SMILES string of the molecule is c1ccc(-c2nc(-c3ccc4ccccc4n3)nc(-c3ccc(-c4ccc5ccc6cccnc6c5n4)c4ccccc34)n2)cc1. The molecule has 0 atom stereocenters. The first-order valence-electron chi connectivity index (χ1n) is 15.1. The zero-order chi connectivity index (χ0) is 30.5. The van der Waals surface area contributed by atoms with Crippen LogP contribution < -0.4 is 0 Å². The van der Waals surface area contributed by atoms with Gasteiger partial charge in [0.1, 0.15) is 5.69 Å². The summed E-state index contributed by atoms with van der Waals surface area (Å²) < 4.78 is 0. The lowest BCUT2D eigenvalue weighted by Gasteiger charge is -2.13. The summed E-state index contributed by atoms with van der Waals surface area (Å²) in [4.78, 5) is 29.7.